The number of nitrogens with zero attached hydrogens (tertiary/aromatic N) is 2. The van der Waals surface area contributed by atoms with Crippen LogP contribution >= 0.6 is 0 Å². The number of amides is 1. The van der Waals surface area contributed by atoms with Gasteiger partial charge in [-0.15, -0.1) is 0 Å². The minimum absolute atomic E-state index is 0.0357. The molecule has 0 saturated carbocycles. The number of carbonyl (C=O) groups excluding carboxylic acids is 1. The summed E-state index contributed by atoms with van der Waals surface area (Å²) >= 11 is 0. The van der Waals surface area contributed by atoms with Crippen LogP contribution in [0.15, 0.2) is 54.6 Å². The van der Waals surface area contributed by atoms with E-state index in [0.29, 0.717) is 13.1 Å². The topological polar surface area (TPSA) is 37.3 Å². The summed E-state index contributed by atoms with van der Waals surface area (Å²) in [7, 11) is 0. The van der Waals surface area contributed by atoms with Crippen molar-refractivity contribution in [3.63, 3.8) is 0 Å². The Balaban J connectivity index is 1.61. The molecule has 142 valence electrons. The second-order valence-corrected chi connectivity index (χ2v) is 6.99. The molecule has 4 heteroatoms. The lowest BCUT2D eigenvalue weighted by atomic mass is 10.1. The average Bonchev–Trinajstić information content (AvgIpc) is 3.00. The maximum Gasteiger partial charge on any atom is 0.240 e. The van der Waals surface area contributed by atoms with Crippen molar-refractivity contribution in [3.8, 4) is 0 Å². The minimum atomic E-state index is 0.0357. The molecule has 1 aromatic heterocycles. The third kappa shape index (κ3) is 4.77. The molecule has 4 nitrogen and oxygen atoms in total. The molecule has 0 unspecified atom stereocenters. The van der Waals surface area contributed by atoms with E-state index in [2.05, 4.69) is 71.1 Å². The summed E-state index contributed by atoms with van der Waals surface area (Å²) in [6.07, 6.45) is 0. The molecule has 0 saturated heterocycles. The Kier molecular flexibility index (Phi) is 6.30. The van der Waals surface area contributed by atoms with Gasteiger partial charge in [0, 0.05) is 24.3 Å². The third-order valence-electron chi connectivity index (χ3n) is 5.10. The van der Waals surface area contributed by atoms with Gasteiger partial charge in [0.25, 0.3) is 0 Å². The fourth-order valence-corrected chi connectivity index (χ4v) is 3.50. The largest absolute Gasteiger partial charge is 0.350 e. The maximum atomic E-state index is 12.5. The summed E-state index contributed by atoms with van der Waals surface area (Å²) in [4.78, 5) is 14.9. The molecule has 2 aromatic carbocycles. The van der Waals surface area contributed by atoms with Crippen LogP contribution in [0.25, 0.3) is 10.9 Å². The number of aryl methyl sites for hydroxylation is 1. The predicted octanol–water partition coefficient (Wildman–Crippen LogP) is 4.11. The Bertz CT molecular complexity index is 909. The first-order valence-corrected chi connectivity index (χ1v) is 9.72. The van der Waals surface area contributed by atoms with Gasteiger partial charge < -0.3 is 9.88 Å². The van der Waals surface area contributed by atoms with Crippen molar-refractivity contribution in [1.82, 2.24) is 14.8 Å². The molecule has 0 aliphatic carbocycles. The molecule has 0 aliphatic heterocycles. The quantitative estimate of drug-likeness (QED) is 0.654. The van der Waals surface area contributed by atoms with E-state index in [4.69, 9.17) is 0 Å². The van der Waals surface area contributed by atoms with Crippen LogP contribution in [0.2, 0.25) is 0 Å². The van der Waals surface area contributed by atoms with Gasteiger partial charge in [-0.2, -0.15) is 0 Å². The van der Waals surface area contributed by atoms with Crippen LogP contribution in [-0.4, -0.2) is 28.5 Å². The molecular formula is C23H29N3O. The summed E-state index contributed by atoms with van der Waals surface area (Å²) in [6, 6.07) is 18.8. The van der Waals surface area contributed by atoms with Gasteiger partial charge in [-0.05, 0) is 48.7 Å². The van der Waals surface area contributed by atoms with Crippen LogP contribution in [0, 0.1) is 6.92 Å². The third-order valence-corrected chi connectivity index (χ3v) is 5.10. The minimum Gasteiger partial charge on any atom is -0.350 e. The fourth-order valence-electron chi connectivity index (χ4n) is 3.50. The van der Waals surface area contributed by atoms with Gasteiger partial charge in [-0.3, -0.25) is 9.69 Å². The number of hydrogen-bond acceptors (Lipinski definition) is 2. The number of hydrogen-bond donors (Lipinski definition) is 1. The molecule has 3 rings (SSSR count). The SMILES string of the molecule is CCN(CC)Cc1cccc(CNC(=O)Cn2c(C)cc3ccccc32)c1. The Morgan fingerprint density at radius 3 is 2.52 bits per heavy atom. The van der Waals surface area contributed by atoms with Gasteiger partial charge in [-0.1, -0.05) is 56.3 Å². The van der Waals surface area contributed by atoms with E-state index >= 15 is 0 Å². The Morgan fingerprint density at radius 1 is 1.00 bits per heavy atom. The molecule has 3 aromatic rings. The summed E-state index contributed by atoms with van der Waals surface area (Å²) in [5.41, 5.74) is 4.64. The first kappa shape index (κ1) is 19.2. The lowest BCUT2D eigenvalue weighted by Crippen LogP contribution is -2.27. The molecular weight excluding hydrogens is 334 g/mol. The summed E-state index contributed by atoms with van der Waals surface area (Å²) in [5.74, 6) is 0.0357. The molecule has 0 aliphatic rings. The van der Waals surface area contributed by atoms with E-state index in [1.807, 2.05) is 19.1 Å². The zero-order valence-electron chi connectivity index (χ0n) is 16.5. The number of fused-ring (bicyclic) bond motifs is 1. The van der Waals surface area contributed by atoms with E-state index in [1.54, 1.807) is 0 Å². The van der Waals surface area contributed by atoms with Crippen LogP contribution in [0.4, 0.5) is 0 Å². The van der Waals surface area contributed by atoms with Gasteiger partial charge in [0.1, 0.15) is 6.54 Å². The van der Waals surface area contributed by atoms with E-state index < -0.39 is 0 Å². The molecule has 1 amide bonds. The molecule has 1 heterocycles. The fraction of sp³-hybridized carbons (Fsp3) is 0.348. The Morgan fingerprint density at radius 2 is 1.74 bits per heavy atom. The monoisotopic (exact) mass is 363 g/mol. The number of rotatable bonds is 8. The molecule has 0 radical (unpaired) electrons. The second kappa shape index (κ2) is 8.87. The maximum absolute atomic E-state index is 12.5. The predicted molar refractivity (Wildman–Crippen MR) is 112 cm³/mol. The highest BCUT2D eigenvalue weighted by atomic mass is 16.1. The Labute approximate surface area is 161 Å². The Hall–Kier alpha value is -2.59. The van der Waals surface area contributed by atoms with Crippen molar-refractivity contribution >= 4 is 16.8 Å². The van der Waals surface area contributed by atoms with Gasteiger partial charge in [0.05, 0.1) is 0 Å². The van der Waals surface area contributed by atoms with Crippen molar-refractivity contribution in [2.45, 2.75) is 40.4 Å². The number of carbonyl (C=O) groups is 1. The van der Waals surface area contributed by atoms with Crippen LogP contribution in [0.5, 0.6) is 0 Å². The molecule has 0 fully saturated rings. The van der Waals surface area contributed by atoms with E-state index in [-0.39, 0.29) is 5.91 Å². The lowest BCUT2D eigenvalue weighted by Gasteiger charge is -2.18. The normalized spacial score (nSPS) is 11.3. The highest BCUT2D eigenvalue weighted by molar-refractivity contribution is 5.84. The van der Waals surface area contributed by atoms with Crippen LogP contribution in [0.3, 0.4) is 0 Å². The van der Waals surface area contributed by atoms with Crippen LogP contribution < -0.4 is 5.32 Å². The molecule has 0 spiro atoms. The molecule has 0 bridgehead atoms. The van der Waals surface area contributed by atoms with E-state index in [9.17, 15) is 4.79 Å². The van der Waals surface area contributed by atoms with Gasteiger partial charge in [0.2, 0.25) is 5.91 Å². The summed E-state index contributed by atoms with van der Waals surface area (Å²) in [6.45, 7) is 10.3. The van der Waals surface area contributed by atoms with Gasteiger partial charge in [-0.25, -0.2) is 0 Å². The average molecular weight is 364 g/mol. The molecule has 0 atom stereocenters. The zero-order valence-corrected chi connectivity index (χ0v) is 16.5. The van der Waals surface area contributed by atoms with Gasteiger partial charge in [0.15, 0.2) is 0 Å². The number of benzene rings is 2. The van der Waals surface area contributed by atoms with Gasteiger partial charge >= 0.3 is 0 Å². The van der Waals surface area contributed by atoms with Crippen molar-refractivity contribution in [2.75, 3.05) is 13.1 Å². The number of nitrogens with one attached hydrogen (secondary N) is 1. The number of para-hydroxylation sites is 1. The van der Waals surface area contributed by atoms with Crippen molar-refractivity contribution in [2.24, 2.45) is 0 Å². The first-order valence-electron chi connectivity index (χ1n) is 9.72. The zero-order chi connectivity index (χ0) is 19.2. The van der Waals surface area contributed by atoms with Crippen molar-refractivity contribution < 1.29 is 4.79 Å². The van der Waals surface area contributed by atoms with Crippen LogP contribution in [0.1, 0.15) is 30.7 Å². The van der Waals surface area contributed by atoms with E-state index in [0.717, 1.165) is 36.4 Å². The highest BCUT2D eigenvalue weighted by Gasteiger charge is 2.09. The van der Waals surface area contributed by atoms with E-state index in [1.165, 1.54) is 10.9 Å². The van der Waals surface area contributed by atoms with Crippen molar-refractivity contribution in [3.05, 3.63) is 71.4 Å². The van der Waals surface area contributed by atoms with Crippen molar-refractivity contribution in [1.29, 1.82) is 0 Å². The smallest absolute Gasteiger partial charge is 0.240 e. The second-order valence-electron chi connectivity index (χ2n) is 6.99. The van der Waals surface area contributed by atoms with Crippen LogP contribution in [-0.2, 0) is 24.4 Å². The molecule has 1 N–H and O–H groups in total. The highest BCUT2D eigenvalue weighted by Crippen LogP contribution is 2.19. The summed E-state index contributed by atoms with van der Waals surface area (Å²) < 4.78 is 2.07. The molecule has 27 heavy (non-hydrogen) atoms. The summed E-state index contributed by atoms with van der Waals surface area (Å²) in [5, 5.41) is 4.24. The standard InChI is InChI=1S/C23H29N3O/c1-4-25(5-2)16-20-10-8-9-19(14-20)15-24-23(27)17-26-18(3)13-21-11-6-7-12-22(21)26/h6-14H,4-5,15-17H2,1-3H3,(H,24,27). The lowest BCUT2D eigenvalue weighted by molar-refractivity contribution is -0.121. The first-order chi connectivity index (χ1) is 13.1. The number of aromatic nitrogens is 1.